The molecule has 1 rings (SSSR count). The molecule has 2 N–H and O–H groups in total. The topological polar surface area (TPSA) is 52.6 Å². The number of carbonyl (C=O) groups excluding carboxylic acids is 1. The van der Waals surface area contributed by atoms with Gasteiger partial charge in [-0.3, -0.25) is 9.69 Å². The maximum atomic E-state index is 11.2. The molecule has 1 fully saturated rings. The fraction of sp³-hybridized carbons (Fsp3) is 0.700. The second-order valence-corrected chi connectivity index (χ2v) is 3.72. The Kier molecular flexibility index (Phi) is 3.93. The molecule has 0 radical (unpaired) electrons. The second kappa shape index (κ2) is 4.99. The molecule has 0 aromatic heterocycles. The van der Waals surface area contributed by atoms with Crippen LogP contribution in [-0.4, -0.2) is 48.2 Å². The van der Waals surface area contributed by atoms with E-state index in [0.717, 1.165) is 6.54 Å². The van der Waals surface area contributed by atoms with E-state index in [1.54, 1.807) is 0 Å². The zero-order valence-electron chi connectivity index (χ0n) is 8.36. The van der Waals surface area contributed by atoms with Crippen LogP contribution >= 0.6 is 0 Å². The molecule has 14 heavy (non-hydrogen) atoms. The monoisotopic (exact) mass is 196 g/mol. The van der Waals surface area contributed by atoms with Gasteiger partial charge in [0, 0.05) is 13.1 Å². The molecular formula is C10H16N2O2. The zero-order valence-corrected chi connectivity index (χ0v) is 8.36. The van der Waals surface area contributed by atoms with Crippen molar-refractivity contribution < 1.29 is 9.90 Å². The average Bonchev–Trinajstić information content (AvgIpc) is 2.42. The van der Waals surface area contributed by atoms with Crippen molar-refractivity contribution in [2.75, 3.05) is 26.2 Å². The van der Waals surface area contributed by atoms with Gasteiger partial charge in [-0.25, -0.2) is 0 Å². The molecule has 0 saturated carbocycles. The van der Waals surface area contributed by atoms with Gasteiger partial charge in [0.2, 0.25) is 5.91 Å². The number of carbonyl (C=O) groups is 1. The number of amides is 1. The second-order valence-electron chi connectivity index (χ2n) is 3.72. The maximum absolute atomic E-state index is 11.2. The third-order valence-electron chi connectivity index (χ3n) is 2.40. The van der Waals surface area contributed by atoms with Crippen LogP contribution in [0.15, 0.2) is 0 Å². The highest BCUT2D eigenvalue weighted by Crippen LogP contribution is 2.14. The summed E-state index contributed by atoms with van der Waals surface area (Å²) < 4.78 is 0. The van der Waals surface area contributed by atoms with E-state index < -0.39 is 0 Å². The number of terminal acetylenes is 1. The molecule has 4 nitrogen and oxygen atoms in total. The molecule has 1 saturated heterocycles. The highest BCUT2D eigenvalue weighted by atomic mass is 16.3. The standard InChI is InChI=1S/C10H16N2O2/c1-3-4-11-10(14)7-12-5-8(2)9(13)6-12/h1,8-9,13H,4-7H2,2H3,(H,11,14). The largest absolute Gasteiger partial charge is 0.391 e. The van der Waals surface area contributed by atoms with Crippen LogP contribution < -0.4 is 5.32 Å². The van der Waals surface area contributed by atoms with Crippen molar-refractivity contribution in [3.8, 4) is 12.3 Å². The quantitative estimate of drug-likeness (QED) is 0.572. The number of likely N-dealkylation sites (tertiary alicyclic amines) is 1. The molecule has 0 aromatic carbocycles. The van der Waals surface area contributed by atoms with E-state index in [9.17, 15) is 9.90 Å². The zero-order chi connectivity index (χ0) is 10.6. The van der Waals surface area contributed by atoms with Crippen molar-refractivity contribution in [1.82, 2.24) is 10.2 Å². The molecule has 1 aliphatic rings. The minimum atomic E-state index is -0.310. The van der Waals surface area contributed by atoms with Gasteiger partial charge in [-0.1, -0.05) is 12.8 Å². The maximum Gasteiger partial charge on any atom is 0.234 e. The lowest BCUT2D eigenvalue weighted by Gasteiger charge is -2.13. The minimum absolute atomic E-state index is 0.0794. The highest BCUT2D eigenvalue weighted by Gasteiger charge is 2.28. The first-order chi connectivity index (χ1) is 6.63. The van der Waals surface area contributed by atoms with Gasteiger partial charge < -0.3 is 10.4 Å². The van der Waals surface area contributed by atoms with Gasteiger partial charge >= 0.3 is 0 Å². The van der Waals surface area contributed by atoms with Gasteiger partial charge in [-0.15, -0.1) is 6.42 Å². The summed E-state index contributed by atoms with van der Waals surface area (Å²) in [5.41, 5.74) is 0. The summed E-state index contributed by atoms with van der Waals surface area (Å²) in [6.07, 6.45) is 4.70. The van der Waals surface area contributed by atoms with E-state index in [0.29, 0.717) is 13.1 Å². The molecule has 1 aliphatic heterocycles. The lowest BCUT2D eigenvalue weighted by Crippen LogP contribution is -2.36. The summed E-state index contributed by atoms with van der Waals surface area (Å²) in [6, 6.07) is 0. The first kappa shape index (κ1) is 11.0. The molecule has 0 aromatic rings. The molecule has 0 bridgehead atoms. The van der Waals surface area contributed by atoms with Crippen LogP contribution in [0.3, 0.4) is 0 Å². The van der Waals surface area contributed by atoms with Crippen LogP contribution in [0.25, 0.3) is 0 Å². The lowest BCUT2D eigenvalue weighted by atomic mass is 10.1. The number of rotatable bonds is 3. The van der Waals surface area contributed by atoms with E-state index in [2.05, 4.69) is 11.2 Å². The molecule has 4 heteroatoms. The lowest BCUT2D eigenvalue weighted by molar-refractivity contribution is -0.121. The SMILES string of the molecule is C#CCNC(=O)CN1CC(C)C(O)C1. The van der Waals surface area contributed by atoms with Crippen molar-refractivity contribution in [1.29, 1.82) is 0 Å². The Labute approximate surface area is 84.3 Å². The molecule has 78 valence electrons. The summed E-state index contributed by atoms with van der Waals surface area (Å²) in [5.74, 6) is 2.51. The fourth-order valence-corrected chi connectivity index (χ4v) is 1.59. The molecule has 2 atom stereocenters. The van der Waals surface area contributed by atoms with Gasteiger partial charge in [-0.2, -0.15) is 0 Å². The highest BCUT2D eigenvalue weighted by molar-refractivity contribution is 5.78. The summed E-state index contributed by atoms with van der Waals surface area (Å²) >= 11 is 0. The van der Waals surface area contributed by atoms with Gasteiger partial charge in [0.15, 0.2) is 0 Å². The number of nitrogens with zero attached hydrogens (tertiary/aromatic N) is 1. The number of aliphatic hydroxyl groups is 1. The van der Waals surface area contributed by atoms with Crippen LogP contribution in [0.1, 0.15) is 6.92 Å². The Balaban J connectivity index is 2.26. The molecule has 1 amide bonds. The van der Waals surface area contributed by atoms with E-state index in [1.165, 1.54) is 0 Å². The van der Waals surface area contributed by atoms with Crippen molar-refractivity contribution in [2.45, 2.75) is 13.0 Å². The van der Waals surface area contributed by atoms with Crippen molar-refractivity contribution in [2.24, 2.45) is 5.92 Å². The summed E-state index contributed by atoms with van der Waals surface area (Å²) in [7, 11) is 0. The number of aliphatic hydroxyl groups excluding tert-OH is 1. The molecular weight excluding hydrogens is 180 g/mol. The minimum Gasteiger partial charge on any atom is -0.391 e. The predicted molar refractivity (Wildman–Crippen MR) is 53.5 cm³/mol. The number of hydrogen-bond donors (Lipinski definition) is 2. The smallest absolute Gasteiger partial charge is 0.234 e. The van der Waals surface area contributed by atoms with Gasteiger partial charge in [0.05, 0.1) is 19.2 Å². The Bertz CT molecular complexity index is 237. The number of nitrogens with one attached hydrogen (secondary N) is 1. The van der Waals surface area contributed by atoms with E-state index in [4.69, 9.17) is 6.42 Å². The molecule has 1 heterocycles. The van der Waals surface area contributed by atoms with Crippen LogP contribution in [0.5, 0.6) is 0 Å². The van der Waals surface area contributed by atoms with Crippen molar-refractivity contribution in [3.05, 3.63) is 0 Å². The third-order valence-corrected chi connectivity index (χ3v) is 2.40. The Morgan fingerprint density at radius 1 is 1.71 bits per heavy atom. The Hall–Kier alpha value is -1.05. The fourth-order valence-electron chi connectivity index (χ4n) is 1.59. The summed E-state index contributed by atoms with van der Waals surface area (Å²) in [4.78, 5) is 13.2. The predicted octanol–water partition coefficient (Wildman–Crippen LogP) is -0.952. The first-order valence-electron chi connectivity index (χ1n) is 4.74. The van der Waals surface area contributed by atoms with E-state index in [1.807, 2.05) is 11.8 Å². The van der Waals surface area contributed by atoms with Crippen molar-refractivity contribution in [3.63, 3.8) is 0 Å². The van der Waals surface area contributed by atoms with Crippen LogP contribution in [0.4, 0.5) is 0 Å². The van der Waals surface area contributed by atoms with Gasteiger partial charge in [0.1, 0.15) is 0 Å². The number of hydrogen-bond acceptors (Lipinski definition) is 3. The van der Waals surface area contributed by atoms with E-state index in [-0.39, 0.29) is 24.5 Å². The molecule has 2 unspecified atom stereocenters. The third kappa shape index (κ3) is 3.02. The normalized spacial score (nSPS) is 27.2. The summed E-state index contributed by atoms with van der Waals surface area (Å²) in [6.45, 7) is 3.91. The van der Waals surface area contributed by atoms with Crippen LogP contribution in [-0.2, 0) is 4.79 Å². The van der Waals surface area contributed by atoms with Gasteiger partial charge in [-0.05, 0) is 5.92 Å². The Morgan fingerprint density at radius 3 is 2.93 bits per heavy atom. The molecule has 0 spiro atoms. The van der Waals surface area contributed by atoms with Crippen LogP contribution in [0, 0.1) is 18.3 Å². The summed E-state index contributed by atoms with van der Waals surface area (Å²) in [5, 5.41) is 12.0. The Morgan fingerprint density at radius 2 is 2.43 bits per heavy atom. The average molecular weight is 196 g/mol. The van der Waals surface area contributed by atoms with E-state index >= 15 is 0 Å². The van der Waals surface area contributed by atoms with Crippen LogP contribution in [0.2, 0.25) is 0 Å². The first-order valence-corrected chi connectivity index (χ1v) is 4.74. The van der Waals surface area contributed by atoms with Gasteiger partial charge in [0.25, 0.3) is 0 Å². The molecule has 0 aliphatic carbocycles. The number of β-amino-alcohol motifs (C(OH)–C–C–N with tert-alkyl or cyclic N) is 1. The van der Waals surface area contributed by atoms with Crippen molar-refractivity contribution >= 4 is 5.91 Å².